The van der Waals surface area contributed by atoms with E-state index in [1.54, 1.807) is 0 Å². The maximum atomic E-state index is 4.15. The second-order valence-electron chi connectivity index (χ2n) is 4.86. The average molecular weight is 206 g/mol. The molecule has 0 spiro atoms. The van der Waals surface area contributed by atoms with Crippen molar-refractivity contribution in [3.8, 4) is 0 Å². The molecule has 2 rings (SSSR count). The number of rotatable bonds is 1. The van der Waals surface area contributed by atoms with Gasteiger partial charge in [-0.2, -0.15) is 5.10 Å². The Morgan fingerprint density at radius 2 is 1.67 bits per heavy atom. The Balaban J connectivity index is 2.02. The van der Waals surface area contributed by atoms with Crippen LogP contribution in [0.3, 0.4) is 0 Å². The van der Waals surface area contributed by atoms with Crippen LogP contribution in [-0.4, -0.2) is 10.2 Å². The summed E-state index contributed by atoms with van der Waals surface area (Å²) in [6.07, 6.45) is 13.2. The highest BCUT2D eigenvalue weighted by Crippen LogP contribution is 2.30. The largest absolute Gasteiger partial charge is 0.282 e. The van der Waals surface area contributed by atoms with Crippen LogP contribution in [0.4, 0.5) is 0 Å². The van der Waals surface area contributed by atoms with Gasteiger partial charge in [-0.3, -0.25) is 5.10 Å². The standard InChI is InChI=1S/C13H22N2/c1-11-10-14-15-13(11)12-8-6-4-2-3-5-7-9-12/h10,12H,2-9H2,1H3,(H,14,15). The molecule has 1 N–H and O–H groups in total. The Bertz CT molecular complexity index is 280. The molecule has 0 unspecified atom stereocenters. The molecule has 0 aliphatic heterocycles. The number of aryl methyl sites for hydroxylation is 1. The van der Waals surface area contributed by atoms with Crippen molar-refractivity contribution < 1.29 is 0 Å². The van der Waals surface area contributed by atoms with Gasteiger partial charge in [0.15, 0.2) is 0 Å². The molecule has 1 fully saturated rings. The molecule has 1 aromatic rings. The molecule has 84 valence electrons. The lowest BCUT2D eigenvalue weighted by molar-refractivity contribution is 0.525. The van der Waals surface area contributed by atoms with Crippen LogP contribution in [0.2, 0.25) is 0 Å². The van der Waals surface area contributed by atoms with Gasteiger partial charge in [0.25, 0.3) is 0 Å². The first-order valence-electron chi connectivity index (χ1n) is 6.38. The molecule has 0 aromatic carbocycles. The molecule has 0 bridgehead atoms. The first-order valence-corrected chi connectivity index (χ1v) is 6.38. The van der Waals surface area contributed by atoms with Crippen molar-refractivity contribution in [3.63, 3.8) is 0 Å². The van der Waals surface area contributed by atoms with Crippen molar-refractivity contribution in [1.82, 2.24) is 10.2 Å². The van der Waals surface area contributed by atoms with Crippen LogP contribution >= 0.6 is 0 Å². The van der Waals surface area contributed by atoms with Gasteiger partial charge in [0.05, 0.1) is 6.20 Å². The van der Waals surface area contributed by atoms with Crippen molar-refractivity contribution in [2.24, 2.45) is 0 Å². The molecule has 1 aromatic heterocycles. The Morgan fingerprint density at radius 3 is 2.20 bits per heavy atom. The van der Waals surface area contributed by atoms with Crippen LogP contribution in [-0.2, 0) is 0 Å². The predicted molar refractivity (Wildman–Crippen MR) is 63.0 cm³/mol. The van der Waals surface area contributed by atoms with Crippen molar-refractivity contribution >= 4 is 0 Å². The molecule has 0 radical (unpaired) electrons. The number of aromatic amines is 1. The normalized spacial score (nSPS) is 20.6. The highest BCUT2D eigenvalue weighted by molar-refractivity contribution is 5.18. The zero-order chi connectivity index (χ0) is 10.5. The number of hydrogen-bond donors (Lipinski definition) is 1. The SMILES string of the molecule is Cc1cn[nH]c1C1CCCCCCCC1. The van der Waals surface area contributed by atoms with Crippen LogP contribution in [0.1, 0.15) is 68.5 Å². The summed E-state index contributed by atoms with van der Waals surface area (Å²) in [4.78, 5) is 0. The fourth-order valence-corrected chi connectivity index (χ4v) is 2.69. The summed E-state index contributed by atoms with van der Waals surface area (Å²) < 4.78 is 0. The van der Waals surface area contributed by atoms with Crippen LogP contribution in [0.5, 0.6) is 0 Å². The van der Waals surface area contributed by atoms with E-state index in [0.717, 1.165) is 5.92 Å². The second-order valence-corrected chi connectivity index (χ2v) is 4.86. The Morgan fingerprint density at radius 1 is 1.07 bits per heavy atom. The third-order valence-electron chi connectivity index (χ3n) is 3.63. The third-order valence-corrected chi connectivity index (χ3v) is 3.63. The summed E-state index contributed by atoms with van der Waals surface area (Å²) in [7, 11) is 0. The molecule has 1 heterocycles. The van der Waals surface area contributed by atoms with Crippen LogP contribution in [0.15, 0.2) is 6.20 Å². The lowest BCUT2D eigenvalue weighted by Gasteiger charge is -2.14. The molecule has 0 atom stereocenters. The lowest BCUT2D eigenvalue weighted by Crippen LogP contribution is -2.01. The monoisotopic (exact) mass is 206 g/mol. The molecule has 2 nitrogen and oxygen atoms in total. The first-order chi connectivity index (χ1) is 7.38. The molecule has 1 aliphatic rings. The summed E-state index contributed by atoms with van der Waals surface area (Å²) in [5, 5.41) is 7.34. The number of H-pyrrole nitrogens is 1. The maximum absolute atomic E-state index is 4.15. The lowest BCUT2D eigenvalue weighted by atomic mass is 9.92. The van der Waals surface area contributed by atoms with Crippen LogP contribution < -0.4 is 0 Å². The summed E-state index contributed by atoms with van der Waals surface area (Å²) in [5.74, 6) is 0.741. The fourth-order valence-electron chi connectivity index (χ4n) is 2.69. The Hall–Kier alpha value is -0.790. The molecular formula is C13H22N2. The second kappa shape index (κ2) is 5.34. The minimum Gasteiger partial charge on any atom is -0.282 e. The minimum atomic E-state index is 0.741. The van der Waals surface area contributed by atoms with E-state index < -0.39 is 0 Å². The predicted octanol–water partition coefficient (Wildman–Crippen LogP) is 3.94. The van der Waals surface area contributed by atoms with Gasteiger partial charge >= 0.3 is 0 Å². The molecule has 1 aliphatic carbocycles. The molecule has 0 amide bonds. The van der Waals surface area contributed by atoms with Gasteiger partial charge in [0, 0.05) is 11.6 Å². The van der Waals surface area contributed by atoms with E-state index in [-0.39, 0.29) is 0 Å². The number of nitrogens with one attached hydrogen (secondary N) is 1. The van der Waals surface area contributed by atoms with E-state index >= 15 is 0 Å². The van der Waals surface area contributed by atoms with E-state index in [0.29, 0.717) is 0 Å². The van der Waals surface area contributed by atoms with E-state index in [1.165, 1.54) is 62.6 Å². The number of aromatic nitrogens is 2. The molecule has 15 heavy (non-hydrogen) atoms. The highest BCUT2D eigenvalue weighted by atomic mass is 15.1. The zero-order valence-electron chi connectivity index (χ0n) is 9.76. The highest BCUT2D eigenvalue weighted by Gasteiger charge is 2.16. The van der Waals surface area contributed by atoms with Crippen LogP contribution in [0, 0.1) is 6.92 Å². The number of nitrogens with zero attached hydrogens (tertiary/aromatic N) is 1. The quantitative estimate of drug-likeness (QED) is 0.741. The molecule has 1 saturated carbocycles. The third kappa shape index (κ3) is 2.83. The first kappa shape index (κ1) is 10.7. The number of hydrogen-bond acceptors (Lipinski definition) is 1. The van der Waals surface area contributed by atoms with Crippen molar-refractivity contribution in [3.05, 3.63) is 17.5 Å². The molecule has 2 heteroatoms. The molecule has 0 saturated heterocycles. The van der Waals surface area contributed by atoms with Gasteiger partial charge < -0.3 is 0 Å². The van der Waals surface area contributed by atoms with E-state index in [4.69, 9.17) is 0 Å². The van der Waals surface area contributed by atoms with Gasteiger partial charge in [-0.1, -0.05) is 38.5 Å². The van der Waals surface area contributed by atoms with E-state index in [9.17, 15) is 0 Å². The summed E-state index contributed by atoms with van der Waals surface area (Å²) >= 11 is 0. The summed E-state index contributed by atoms with van der Waals surface area (Å²) in [6.45, 7) is 2.17. The minimum absolute atomic E-state index is 0.741. The maximum Gasteiger partial charge on any atom is 0.0519 e. The summed E-state index contributed by atoms with van der Waals surface area (Å²) in [6, 6.07) is 0. The average Bonchev–Trinajstić information content (AvgIpc) is 2.68. The fraction of sp³-hybridized carbons (Fsp3) is 0.769. The van der Waals surface area contributed by atoms with Gasteiger partial charge in [-0.05, 0) is 25.3 Å². The van der Waals surface area contributed by atoms with E-state index in [1.807, 2.05) is 6.20 Å². The van der Waals surface area contributed by atoms with Gasteiger partial charge in [-0.25, -0.2) is 0 Å². The smallest absolute Gasteiger partial charge is 0.0519 e. The Labute approximate surface area is 92.5 Å². The zero-order valence-corrected chi connectivity index (χ0v) is 9.76. The van der Waals surface area contributed by atoms with Crippen molar-refractivity contribution in [1.29, 1.82) is 0 Å². The van der Waals surface area contributed by atoms with E-state index in [2.05, 4.69) is 17.1 Å². The van der Waals surface area contributed by atoms with Gasteiger partial charge in [-0.15, -0.1) is 0 Å². The van der Waals surface area contributed by atoms with Crippen LogP contribution in [0.25, 0.3) is 0 Å². The topological polar surface area (TPSA) is 28.7 Å². The van der Waals surface area contributed by atoms with Crippen molar-refractivity contribution in [2.75, 3.05) is 0 Å². The Kier molecular flexibility index (Phi) is 3.81. The van der Waals surface area contributed by atoms with Gasteiger partial charge in [0.2, 0.25) is 0 Å². The van der Waals surface area contributed by atoms with Crippen molar-refractivity contribution in [2.45, 2.75) is 64.2 Å². The summed E-state index contributed by atoms with van der Waals surface area (Å²) in [5.41, 5.74) is 2.75. The van der Waals surface area contributed by atoms with Gasteiger partial charge in [0.1, 0.15) is 0 Å². The molecular weight excluding hydrogens is 184 g/mol.